The predicted molar refractivity (Wildman–Crippen MR) is 109 cm³/mol. The van der Waals surface area contributed by atoms with Gasteiger partial charge in [0, 0.05) is 31.9 Å². The Morgan fingerprint density at radius 3 is 2.83 bits per heavy atom. The molecular weight excluding hydrogens is 392 g/mol. The highest BCUT2D eigenvalue weighted by atomic mass is 19.1. The van der Waals surface area contributed by atoms with E-state index >= 15 is 4.39 Å². The van der Waals surface area contributed by atoms with E-state index in [4.69, 9.17) is 4.74 Å². The molecule has 0 bridgehead atoms. The number of anilines is 2. The summed E-state index contributed by atoms with van der Waals surface area (Å²) in [5.41, 5.74) is 1.07. The molecule has 0 spiro atoms. The Balaban J connectivity index is 1.60. The number of fused-ring (bicyclic) bond motifs is 1. The molecule has 2 saturated heterocycles. The van der Waals surface area contributed by atoms with Gasteiger partial charge in [0.1, 0.15) is 17.2 Å². The van der Waals surface area contributed by atoms with Crippen molar-refractivity contribution in [3.63, 3.8) is 0 Å². The lowest BCUT2D eigenvalue weighted by molar-refractivity contribution is 0.122. The Labute approximate surface area is 172 Å². The van der Waals surface area contributed by atoms with E-state index in [1.165, 1.54) is 12.3 Å². The summed E-state index contributed by atoms with van der Waals surface area (Å²) in [7, 11) is 0. The average molecular weight is 415 g/mol. The maximum atomic E-state index is 15.4. The van der Waals surface area contributed by atoms with Crippen molar-refractivity contribution in [1.82, 2.24) is 24.7 Å². The quantitative estimate of drug-likeness (QED) is 0.675. The molecule has 2 N–H and O–H groups in total. The number of piperidine rings is 1. The molecule has 5 heterocycles. The molecule has 0 radical (unpaired) electrons. The van der Waals surface area contributed by atoms with Crippen molar-refractivity contribution < 1.29 is 13.5 Å². The number of halogens is 2. The summed E-state index contributed by atoms with van der Waals surface area (Å²) in [4.78, 5) is 15.2. The number of nitrogens with one attached hydrogen (secondary N) is 2. The maximum absolute atomic E-state index is 15.4. The van der Waals surface area contributed by atoms with Crippen LogP contribution in [0.15, 0.2) is 24.5 Å². The minimum absolute atomic E-state index is 0.0770. The normalized spacial score (nSPS) is 19.9. The number of hydrogen-bond acceptors (Lipinski definition) is 7. The first-order valence-corrected chi connectivity index (χ1v) is 10.2. The summed E-state index contributed by atoms with van der Waals surface area (Å²) >= 11 is 0. The summed E-state index contributed by atoms with van der Waals surface area (Å²) < 4.78 is 36.3. The molecule has 2 fully saturated rings. The van der Waals surface area contributed by atoms with E-state index in [9.17, 15) is 4.39 Å². The number of aromatic nitrogens is 4. The fourth-order valence-electron chi connectivity index (χ4n) is 3.92. The van der Waals surface area contributed by atoms with Crippen molar-refractivity contribution in [2.75, 3.05) is 49.6 Å². The first-order valence-electron chi connectivity index (χ1n) is 10.2. The Hall–Kier alpha value is -2.85. The van der Waals surface area contributed by atoms with Crippen LogP contribution in [-0.2, 0) is 4.74 Å². The van der Waals surface area contributed by atoms with Crippen molar-refractivity contribution >= 4 is 17.3 Å². The van der Waals surface area contributed by atoms with Gasteiger partial charge in [0.05, 0.1) is 19.4 Å². The van der Waals surface area contributed by atoms with E-state index in [0.29, 0.717) is 43.5 Å². The van der Waals surface area contributed by atoms with Crippen LogP contribution in [-0.4, -0.2) is 64.8 Å². The first-order chi connectivity index (χ1) is 14.7. The van der Waals surface area contributed by atoms with Crippen molar-refractivity contribution in [2.45, 2.75) is 18.9 Å². The number of ether oxygens (including phenoxy) is 1. The minimum atomic E-state index is -0.480. The number of rotatable bonds is 4. The maximum Gasteiger partial charge on any atom is 0.207 e. The van der Waals surface area contributed by atoms with E-state index in [1.54, 1.807) is 16.7 Å². The molecule has 3 aromatic heterocycles. The zero-order chi connectivity index (χ0) is 20.5. The smallest absolute Gasteiger partial charge is 0.207 e. The van der Waals surface area contributed by atoms with Gasteiger partial charge in [0.25, 0.3) is 0 Å². The van der Waals surface area contributed by atoms with E-state index < -0.39 is 11.6 Å². The standard InChI is InChI=1S/C20H23F2N7O/c21-13-3-4-16-24-11-15(29(16)12-13)18-26-19(25-14-2-1-5-23-10-14)17(22)20(27-18)28-6-8-30-9-7-28/h3-4,11-12,14,23H,1-2,5-10H2,(H,25,26,27)/t14-/m1/s1. The van der Waals surface area contributed by atoms with Crippen LogP contribution in [0.4, 0.5) is 20.4 Å². The molecule has 10 heteroatoms. The molecule has 3 aromatic rings. The fourth-order valence-corrected chi connectivity index (χ4v) is 3.92. The Bertz CT molecular complexity index is 1050. The number of nitrogens with zero attached hydrogens (tertiary/aromatic N) is 5. The Morgan fingerprint density at radius 2 is 2.03 bits per heavy atom. The summed E-state index contributed by atoms with van der Waals surface area (Å²) in [5.74, 6) is -0.208. The number of hydrogen-bond donors (Lipinski definition) is 2. The third kappa shape index (κ3) is 3.68. The lowest BCUT2D eigenvalue weighted by atomic mass is 10.1. The topological polar surface area (TPSA) is 79.6 Å². The molecule has 1 atom stereocenters. The summed E-state index contributed by atoms with van der Waals surface area (Å²) in [6.07, 6.45) is 4.85. The van der Waals surface area contributed by atoms with Crippen LogP contribution in [0.5, 0.6) is 0 Å². The minimum Gasteiger partial charge on any atom is -0.378 e. The molecule has 8 nitrogen and oxygen atoms in total. The highest BCUT2D eigenvalue weighted by Gasteiger charge is 2.25. The van der Waals surface area contributed by atoms with Crippen LogP contribution in [0.1, 0.15) is 12.8 Å². The molecule has 30 heavy (non-hydrogen) atoms. The van der Waals surface area contributed by atoms with Crippen molar-refractivity contribution in [3.05, 3.63) is 36.2 Å². The van der Waals surface area contributed by atoms with Gasteiger partial charge in [-0.3, -0.25) is 4.40 Å². The van der Waals surface area contributed by atoms with Crippen LogP contribution < -0.4 is 15.5 Å². The third-order valence-electron chi connectivity index (χ3n) is 5.48. The van der Waals surface area contributed by atoms with Crippen LogP contribution in [0.3, 0.4) is 0 Å². The van der Waals surface area contributed by atoms with Gasteiger partial charge >= 0.3 is 0 Å². The second-order valence-corrected chi connectivity index (χ2v) is 7.54. The fraction of sp³-hybridized carbons (Fsp3) is 0.450. The molecular formula is C20H23F2N7O. The van der Waals surface area contributed by atoms with E-state index in [1.807, 2.05) is 4.90 Å². The predicted octanol–water partition coefficient (Wildman–Crippen LogP) is 2.07. The molecule has 158 valence electrons. The monoisotopic (exact) mass is 415 g/mol. The molecule has 0 unspecified atom stereocenters. The molecule has 0 saturated carbocycles. The largest absolute Gasteiger partial charge is 0.378 e. The SMILES string of the molecule is Fc1ccc2ncc(-c3nc(N[C@@H]4CCCNC4)c(F)c(N4CCOCC4)n3)n2c1. The van der Waals surface area contributed by atoms with Gasteiger partial charge < -0.3 is 20.3 Å². The third-order valence-corrected chi connectivity index (χ3v) is 5.48. The number of morpholine rings is 1. The summed E-state index contributed by atoms with van der Waals surface area (Å²) in [6, 6.07) is 3.01. The van der Waals surface area contributed by atoms with Gasteiger partial charge in [-0.2, -0.15) is 4.39 Å². The molecule has 0 aromatic carbocycles. The van der Waals surface area contributed by atoms with Crippen LogP contribution >= 0.6 is 0 Å². The van der Waals surface area contributed by atoms with Gasteiger partial charge in [-0.15, -0.1) is 0 Å². The van der Waals surface area contributed by atoms with Crippen molar-refractivity contribution in [3.8, 4) is 11.5 Å². The first kappa shape index (κ1) is 19.1. The zero-order valence-electron chi connectivity index (χ0n) is 16.4. The van der Waals surface area contributed by atoms with Crippen molar-refractivity contribution in [1.29, 1.82) is 0 Å². The Kier molecular flexibility index (Phi) is 5.17. The van der Waals surface area contributed by atoms with Gasteiger partial charge in [0.2, 0.25) is 5.82 Å². The lowest BCUT2D eigenvalue weighted by Gasteiger charge is -2.29. The Morgan fingerprint density at radius 1 is 1.17 bits per heavy atom. The zero-order valence-corrected chi connectivity index (χ0v) is 16.4. The molecule has 5 rings (SSSR count). The van der Waals surface area contributed by atoms with Gasteiger partial charge in [-0.25, -0.2) is 19.3 Å². The summed E-state index contributed by atoms with van der Waals surface area (Å²) in [6.45, 7) is 3.80. The van der Waals surface area contributed by atoms with E-state index in [2.05, 4.69) is 25.6 Å². The van der Waals surface area contributed by atoms with E-state index in [0.717, 1.165) is 25.9 Å². The van der Waals surface area contributed by atoms with Gasteiger partial charge in [0.15, 0.2) is 17.5 Å². The molecule has 2 aliphatic rings. The molecule has 0 amide bonds. The number of imidazole rings is 1. The highest BCUT2D eigenvalue weighted by Crippen LogP contribution is 2.29. The van der Waals surface area contributed by atoms with E-state index in [-0.39, 0.29) is 17.7 Å². The van der Waals surface area contributed by atoms with Crippen LogP contribution in [0.2, 0.25) is 0 Å². The van der Waals surface area contributed by atoms with Gasteiger partial charge in [-0.05, 0) is 31.5 Å². The van der Waals surface area contributed by atoms with Crippen LogP contribution in [0, 0.1) is 11.6 Å². The summed E-state index contributed by atoms with van der Waals surface area (Å²) in [5, 5.41) is 6.55. The lowest BCUT2D eigenvalue weighted by Crippen LogP contribution is -2.40. The van der Waals surface area contributed by atoms with Crippen molar-refractivity contribution in [2.24, 2.45) is 0 Å². The average Bonchev–Trinajstić information content (AvgIpc) is 3.19. The molecule has 2 aliphatic heterocycles. The molecule has 0 aliphatic carbocycles. The number of pyridine rings is 1. The second kappa shape index (κ2) is 8.11. The highest BCUT2D eigenvalue weighted by molar-refractivity contribution is 5.63. The van der Waals surface area contributed by atoms with Crippen LogP contribution in [0.25, 0.3) is 17.2 Å². The second-order valence-electron chi connectivity index (χ2n) is 7.54. The van der Waals surface area contributed by atoms with Gasteiger partial charge in [-0.1, -0.05) is 0 Å².